The third kappa shape index (κ3) is 2.61. The third-order valence-corrected chi connectivity index (χ3v) is 7.20. The molecule has 2 aromatic carbocycles. The maximum absolute atomic E-state index is 11.5. The number of aromatic hydroxyl groups is 2. The minimum absolute atomic E-state index is 0.136. The molecule has 2 unspecified atom stereocenters. The highest BCUT2D eigenvalue weighted by atomic mass is 32.2. The predicted octanol–water partition coefficient (Wildman–Crippen LogP) is 3.38. The molecule has 3 atom stereocenters. The second-order valence-corrected chi connectivity index (χ2v) is 8.68. The average Bonchev–Trinajstić information content (AvgIpc) is 3.39. The summed E-state index contributed by atoms with van der Waals surface area (Å²) in [6.07, 6.45) is 0.145. The van der Waals surface area contributed by atoms with Gasteiger partial charge in [0, 0.05) is 23.6 Å². The normalized spacial score (nSPS) is 26.2. The highest BCUT2D eigenvalue weighted by Gasteiger charge is 2.67. The number of ether oxygens (including phenoxy) is 1. The summed E-state index contributed by atoms with van der Waals surface area (Å²) in [4.78, 5) is 0. The Kier molecular flexibility index (Phi) is 4.66. The van der Waals surface area contributed by atoms with Gasteiger partial charge in [-0.2, -0.15) is 5.26 Å². The molecular formula is C23H22BN2O5S. The molecule has 32 heavy (non-hydrogen) atoms. The number of aromatic nitrogens is 1. The minimum Gasteiger partial charge on any atom is -0.494 e. The van der Waals surface area contributed by atoms with E-state index in [0.29, 0.717) is 46.0 Å². The molecule has 9 heteroatoms. The molecule has 163 valence electrons. The summed E-state index contributed by atoms with van der Waals surface area (Å²) in [5.41, 5.74) is -0.283. The molecule has 1 saturated heterocycles. The number of hydrogen-bond acceptors (Lipinski definition) is 7. The lowest BCUT2D eigenvalue weighted by Gasteiger charge is -2.29. The maximum atomic E-state index is 11.5. The molecule has 3 heterocycles. The lowest BCUT2D eigenvalue weighted by Crippen LogP contribution is -2.37. The number of benzene rings is 2. The van der Waals surface area contributed by atoms with Gasteiger partial charge in [-0.3, -0.25) is 4.57 Å². The van der Waals surface area contributed by atoms with Crippen molar-refractivity contribution in [3.05, 3.63) is 53.1 Å². The molecule has 3 aromatic rings. The van der Waals surface area contributed by atoms with Crippen LogP contribution in [0.15, 0.2) is 36.4 Å². The second-order valence-electron chi connectivity index (χ2n) is 8.25. The fourth-order valence-electron chi connectivity index (χ4n) is 5.47. The molecule has 1 aromatic heterocycles. The smallest absolute Gasteiger partial charge is 0.209 e. The Labute approximate surface area is 192 Å². The van der Waals surface area contributed by atoms with E-state index in [1.807, 2.05) is 31.2 Å². The van der Waals surface area contributed by atoms with Gasteiger partial charge in [-0.15, -0.1) is 0 Å². The van der Waals surface area contributed by atoms with Crippen molar-refractivity contribution in [3.63, 3.8) is 0 Å². The van der Waals surface area contributed by atoms with Crippen molar-refractivity contribution < 1.29 is 24.2 Å². The van der Waals surface area contributed by atoms with E-state index in [-0.39, 0.29) is 24.8 Å². The van der Waals surface area contributed by atoms with Crippen molar-refractivity contribution in [1.82, 2.24) is 4.57 Å². The number of nitriles is 1. The molecule has 1 fully saturated rings. The Hall–Kier alpha value is -2.64. The van der Waals surface area contributed by atoms with Gasteiger partial charge in [0.2, 0.25) is 18.8 Å². The van der Waals surface area contributed by atoms with Crippen molar-refractivity contribution in [1.29, 1.82) is 6.60 Å². The average molecular weight is 451 g/mol. The van der Waals surface area contributed by atoms with Gasteiger partial charge in [-0.05, 0) is 19.9 Å². The van der Waals surface area contributed by atoms with E-state index in [9.17, 15) is 20.6 Å². The van der Waals surface area contributed by atoms with Crippen molar-refractivity contribution in [2.75, 3.05) is 6.61 Å². The predicted molar refractivity (Wildman–Crippen MR) is 122 cm³/mol. The Balaban J connectivity index is 1.72. The van der Waals surface area contributed by atoms with E-state index in [2.05, 4.69) is 6.07 Å². The fourth-order valence-corrected chi connectivity index (χ4v) is 5.65. The summed E-state index contributed by atoms with van der Waals surface area (Å²) in [7, 11) is 1.07. The summed E-state index contributed by atoms with van der Waals surface area (Å²) in [5.74, 6) is -0.339. The van der Waals surface area contributed by atoms with Crippen LogP contribution < -0.4 is 0 Å². The van der Waals surface area contributed by atoms with E-state index in [4.69, 9.17) is 10.3 Å². The molecule has 7 nitrogen and oxygen atoms in total. The lowest BCUT2D eigenvalue weighted by molar-refractivity contribution is -0.121. The Morgan fingerprint density at radius 1 is 1.28 bits per heavy atom. The standard InChI is InChI=1S/C23H22BN2O5S/c1-2-22-11-17(27)23(31-22,9-10-30-32-24)19-18(22)20(28)26(21(19)29)16-8-7-13(12-25)14-5-3-4-6-15(14)16/h3-8,17,24,27-29H,2,9-11H2,1H3/t17-,22?,23?/m1/s1/i24T. The first kappa shape index (κ1) is 20.0. The molecule has 0 saturated carbocycles. The zero-order valence-electron chi connectivity index (χ0n) is 18.4. The Bertz CT molecular complexity index is 1290. The largest absolute Gasteiger partial charge is 0.494 e. The quantitative estimate of drug-likeness (QED) is 0.287. The molecule has 3 N–H and O–H groups in total. The Morgan fingerprint density at radius 2 is 2.03 bits per heavy atom. The molecule has 2 bridgehead atoms. The van der Waals surface area contributed by atoms with Gasteiger partial charge in [0.1, 0.15) is 11.2 Å². The first-order valence-electron chi connectivity index (χ1n) is 11.0. The van der Waals surface area contributed by atoms with Crippen LogP contribution >= 0.6 is 11.9 Å². The summed E-state index contributed by atoms with van der Waals surface area (Å²) in [5, 5.41) is 44.8. The van der Waals surface area contributed by atoms with E-state index >= 15 is 0 Å². The van der Waals surface area contributed by atoms with Gasteiger partial charge < -0.3 is 24.2 Å². The first-order valence-corrected chi connectivity index (χ1v) is 11.2. The first-order chi connectivity index (χ1) is 15.9. The van der Waals surface area contributed by atoms with E-state index in [1.54, 1.807) is 12.1 Å². The molecule has 0 spiro atoms. The van der Waals surface area contributed by atoms with Crippen LogP contribution in [0, 0.1) is 11.3 Å². The van der Waals surface area contributed by atoms with Gasteiger partial charge in [-0.1, -0.05) is 43.1 Å². The molecule has 0 amide bonds. The van der Waals surface area contributed by atoms with Crippen LogP contribution in [0.3, 0.4) is 0 Å². The topological polar surface area (TPSA) is 108 Å². The van der Waals surface area contributed by atoms with Gasteiger partial charge in [-0.25, -0.2) is 0 Å². The lowest BCUT2D eigenvalue weighted by atomic mass is 9.74. The van der Waals surface area contributed by atoms with Crippen molar-refractivity contribution in [2.24, 2.45) is 0 Å². The summed E-state index contributed by atoms with van der Waals surface area (Å²) < 4.78 is 20.2. The minimum atomic E-state index is -1.23. The summed E-state index contributed by atoms with van der Waals surface area (Å²) in [6, 6.07) is 12.9. The number of hydrogen-bond donors (Lipinski definition) is 3. The molecular weight excluding hydrogens is 427 g/mol. The van der Waals surface area contributed by atoms with Crippen LogP contribution in [0.5, 0.6) is 11.8 Å². The van der Waals surface area contributed by atoms with Gasteiger partial charge in [0.15, 0.2) is 0 Å². The summed E-state index contributed by atoms with van der Waals surface area (Å²) >= 11 is 0.877. The van der Waals surface area contributed by atoms with Crippen LogP contribution in [-0.2, 0) is 20.1 Å². The zero-order valence-corrected chi connectivity index (χ0v) is 18.2. The van der Waals surface area contributed by atoms with E-state index in [0.717, 1.165) is 19.0 Å². The number of nitrogens with zero attached hydrogens (tertiary/aromatic N) is 2. The van der Waals surface area contributed by atoms with Crippen molar-refractivity contribution >= 4 is 29.8 Å². The number of rotatable bonds is 7. The SMILES string of the molecule is [3H][B]SOCCC12OC(CC)(C[C@H]1O)c1c2c(O)n(-c2ccc(C#N)c3ccccc23)c1O. The third-order valence-electron chi connectivity index (χ3n) is 6.90. The van der Waals surface area contributed by atoms with Gasteiger partial charge >= 0.3 is 0 Å². The molecule has 2 aliphatic rings. The molecule has 1 radical (unpaired) electrons. The van der Waals surface area contributed by atoms with E-state index < -0.39 is 17.3 Å². The Morgan fingerprint density at radius 3 is 2.75 bits per heavy atom. The van der Waals surface area contributed by atoms with E-state index in [1.165, 1.54) is 4.57 Å². The zero-order chi connectivity index (χ0) is 23.4. The number of fused-ring (bicyclic) bond motifs is 6. The molecule has 2 aliphatic heterocycles. The van der Waals surface area contributed by atoms with Crippen molar-refractivity contribution in [3.8, 4) is 23.5 Å². The fraction of sp³-hybridized carbons (Fsp3) is 0.348. The monoisotopic (exact) mass is 451 g/mol. The van der Waals surface area contributed by atoms with Crippen LogP contribution in [0.2, 0.25) is 0 Å². The summed E-state index contributed by atoms with van der Waals surface area (Å²) in [6.45, 7) is 2.10. The van der Waals surface area contributed by atoms with Gasteiger partial charge in [0.25, 0.3) is 0 Å². The van der Waals surface area contributed by atoms with Gasteiger partial charge in [0.05, 0.1) is 41.2 Å². The maximum Gasteiger partial charge on any atom is 0.209 e. The van der Waals surface area contributed by atoms with Crippen LogP contribution in [-0.4, -0.2) is 41.0 Å². The van der Waals surface area contributed by atoms with Crippen molar-refractivity contribution in [2.45, 2.75) is 43.5 Å². The molecule has 5 rings (SSSR count). The number of aliphatic hydroxyl groups is 1. The highest BCUT2D eigenvalue weighted by molar-refractivity contribution is 8.15. The second kappa shape index (κ2) is 7.46. The number of aliphatic hydroxyl groups excluding tert-OH is 1. The van der Waals surface area contributed by atoms with Crippen LogP contribution in [0.1, 0.15) is 42.9 Å². The van der Waals surface area contributed by atoms with Crippen LogP contribution in [0.25, 0.3) is 16.5 Å². The highest BCUT2D eigenvalue weighted by Crippen LogP contribution is 2.66. The molecule has 0 aliphatic carbocycles. The van der Waals surface area contributed by atoms with Crippen LogP contribution in [0.4, 0.5) is 0 Å².